The van der Waals surface area contributed by atoms with Gasteiger partial charge in [-0.3, -0.25) is 4.79 Å². The summed E-state index contributed by atoms with van der Waals surface area (Å²) in [6.07, 6.45) is 1.55. The van der Waals surface area contributed by atoms with Crippen molar-refractivity contribution in [3.63, 3.8) is 0 Å². The number of carbonyl (C=O) groups is 1. The zero-order valence-electron chi connectivity index (χ0n) is 15.6. The van der Waals surface area contributed by atoms with E-state index in [0.717, 1.165) is 10.0 Å². The van der Waals surface area contributed by atoms with Crippen molar-refractivity contribution in [2.45, 2.75) is 26.2 Å². The molecular weight excluding hydrogens is 396 g/mol. The highest BCUT2D eigenvalue weighted by molar-refractivity contribution is 9.10. The predicted molar refractivity (Wildman–Crippen MR) is 107 cm³/mol. The SMILES string of the molecule is COc1cc(/C=N/NC(=O)c2ccc(C(C)(C)C)cc2)cc(Br)c1OC. The molecular formula is C20H23BrN2O3. The fourth-order valence-electron chi connectivity index (χ4n) is 2.36. The molecule has 0 radical (unpaired) electrons. The predicted octanol–water partition coefficient (Wildman–Crippen LogP) is 4.53. The van der Waals surface area contributed by atoms with Crippen LogP contribution in [-0.2, 0) is 5.41 Å². The average molecular weight is 419 g/mol. The Morgan fingerprint density at radius 2 is 1.77 bits per heavy atom. The molecule has 1 N–H and O–H groups in total. The number of hydrogen-bond donors (Lipinski definition) is 1. The van der Waals surface area contributed by atoms with Gasteiger partial charge in [0.2, 0.25) is 0 Å². The molecule has 0 atom stereocenters. The van der Waals surface area contributed by atoms with E-state index in [1.807, 2.05) is 18.2 Å². The number of methoxy groups -OCH3 is 2. The number of halogens is 1. The average Bonchev–Trinajstić information content (AvgIpc) is 2.60. The second-order valence-electron chi connectivity index (χ2n) is 6.76. The molecule has 26 heavy (non-hydrogen) atoms. The number of ether oxygens (including phenoxy) is 2. The van der Waals surface area contributed by atoms with E-state index in [0.29, 0.717) is 17.1 Å². The van der Waals surface area contributed by atoms with Crippen LogP contribution in [0.5, 0.6) is 11.5 Å². The minimum absolute atomic E-state index is 0.0496. The zero-order valence-corrected chi connectivity index (χ0v) is 17.2. The monoisotopic (exact) mass is 418 g/mol. The summed E-state index contributed by atoms with van der Waals surface area (Å²) in [5.74, 6) is 0.918. The lowest BCUT2D eigenvalue weighted by Crippen LogP contribution is -2.18. The van der Waals surface area contributed by atoms with Gasteiger partial charge in [0, 0.05) is 5.56 Å². The topological polar surface area (TPSA) is 59.9 Å². The lowest BCUT2D eigenvalue weighted by molar-refractivity contribution is 0.0955. The van der Waals surface area contributed by atoms with Crippen molar-refractivity contribution in [1.82, 2.24) is 5.43 Å². The van der Waals surface area contributed by atoms with E-state index in [-0.39, 0.29) is 11.3 Å². The summed E-state index contributed by atoms with van der Waals surface area (Å²) in [5, 5.41) is 4.02. The van der Waals surface area contributed by atoms with Crippen molar-refractivity contribution in [1.29, 1.82) is 0 Å². The maximum atomic E-state index is 12.2. The van der Waals surface area contributed by atoms with E-state index >= 15 is 0 Å². The van der Waals surface area contributed by atoms with Crippen LogP contribution in [0.4, 0.5) is 0 Å². The first-order valence-electron chi connectivity index (χ1n) is 8.11. The fraction of sp³-hybridized carbons (Fsp3) is 0.300. The minimum atomic E-state index is -0.263. The van der Waals surface area contributed by atoms with Crippen LogP contribution in [0.25, 0.3) is 0 Å². The Balaban J connectivity index is 2.08. The van der Waals surface area contributed by atoms with Gasteiger partial charge in [-0.1, -0.05) is 32.9 Å². The van der Waals surface area contributed by atoms with Crippen molar-refractivity contribution in [3.8, 4) is 11.5 Å². The van der Waals surface area contributed by atoms with Crippen molar-refractivity contribution in [2.24, 2.45) is 5.10 Å². The van der Waals surface area contributed by atoms with Gasteiger partial charge < -0.3 is 9.47 Å². The van der Waals surface area contributed by atoms with Crippen LogP contribution in [0, 0.1) is 0 Å². The van der Waals surface area contributed by atoms with Crippen LogP contribution in [0.3, 0.4) is 0 Å². The van der Waals surface area contributed by atoms with Crippen LogP contribution in [-0.4, -0.2) is 26.3 Å². The number of benzene rings is 2. The normalized spacial score (nSPS) is 11.5. The van der Waals surface area contributed by atoms with Gasteiger partial charge in [0.05, 0.1) is 24.9 Å². The number of nitrogens with zero attached hydrogens (tertiary/aromatic N) is 1. The summed E-state index contributed by atoms with van der Waals surface area (Å²) < 4.78 is 11.3. The Kier molecular flexibility index (Phi) is 6.42. The lowest BCUT2D eigenvalue weighted by Gasteiger charge is -2.18. The van der Waals surface area contributed by atoms with E-state index in [4.69, 9.17) is 9.47 Å². The molecule has 0 spiro atoms. The molecule has 0 aliphatic rings. The largest absolute Gasteiger partial charge is 0.493 e. The summed E-state index contributed by atoms with van der Waals surface area (Å²) in [7, 11) is 3.13. The van der Waals surface area contributed by atoms with Crippen molar-refractivity contribution in [2.75, 3.05) is 14.2 Å². The van der Waals surface area contributed by atoms with Crippen LogP contribution in [0.15, 0.2) is 46.0 Å². The molecule has 2 aromatic carbocycles. The molecule has 6 heteroatoms. The molecule has 0 aliphatic carbocycles. The maximum Gasteiger partial charge on any atom is 0.271 e. The lowest BCUT2D eigenvalue weighted by atomic mass is 9.87. The van der Waals surface area contributed by atoms with Gasteiger partial charge in [-0.2, -0.15) is 5.10 Å². The maximum absolute atomic E-state index is 12.2. The quantitative estimate of drug-likeness (QED) is 0.573. The Bertz CT molecular complexity index is 809. The summed E-state index contributed by atoms with van der Waals surface area (Å²) in [5.41, 5.74) is 5.08. The molecule has 0 heterocycles. The van der Waals surface area contributed by atoms with Gasteiger partial charge in [-0.15, -0.1) is 0 Å². The number of hydrazone groups is 1. The summed E-state index contributed by atoms with van der Waals surface area (Å²) in [4.78, 5) is 12.2. The van der Waals surface area contributed by atoms with E-state index in [2.05, 4.69) is 47.2 Å². The Labute approximate surface area is 162 Å². The Hall–Kier alpha value is -2.34. The summed E-state index contributed by atoms with van der Waals surface area (Å²) in [6, 6.07) is 11.1. The third-order valence-electron chi connectivity index (χ3n) is 3.85. The summed E-state index contributed by atoms with van der Waals surface area (Å²) >= 11 is 3.43. The molecule has 0 saturated heterocycles. The highest BCUT2D eigenvalue weighted by Gasteiger charge is 2.14. The van der Waals surface area contributed by atoms with Crippen molar-refractivity contribution >= 4 is 28.1 Å². The van der Waals surface area contributed by atoms with E-state index in [1.54, 1.807) is 38.6 Å². The molecule has 0 unspecified atom stereocenters. The number of rotatable bonds is 5. The Morgan fingerprint density at radius 1 is 1.12 bits per heavy atom. The number of hydrogen-bond acceptors (Lipinski definition) is 4. The molecule has 2 aromatic rings. The molecule has 5 nitrogen and oxygen atoms in total. The highest BCUT2D eigenvalue weighted by atomic mass is 79.9. The molecule has 1 amide bonds. The smallest absolute Gasteiger partial charge is 0.271 e. The minimum Gasteiger partial charge on any atom is -0.493 e. The van der Waals surface area contributed by atoms with E-state index in [9.17, 15) is 4.79 Å². The first kappa shape index (κ1) is 20.0. The molecule has 0 aromatic heterocycles. The fourth-order valence-corrected chi connectivity index (χ4v) is 2.99. The molecule has 138 valence electrons. The second-order valence-corrected chi connectivity index (χ2v) is 7.62. The third kappa shape index (κ3) is 4.85. The van der Waals surface area contributed by atoms with Gasteiger partial charge in [0.1, 0.15) is 0 Å². The molecule has 2 rings (SSSR count). The summed E-state index contributed by atoms with van der Waals surface area (Å²) in [6.45, 7) is 6.40. The molecule has 0 saturated carbocycles. The third-order valence-corrected chi connectivity index (χ3v) is 4.44. The molecule has 0 aliphatic heterocycles. The number of nitrogens with one attached hydrogen (secondary N) is 1. The van der Waals surface area contributed by atoms with Crippen LogP contribution < -0.4 is 14.9 Å². The van der Waals surface area contributed by atoms with E-state index in [1.165, 1.54) is 5.56 Å². The highest BCUT2D eigenvalue weighted by Crippen LogP contribution is 2.35. The molecule has 0 fully saturated rings. The van der Waals surface area contributed by atoms with Crippen molar-refractivity contribution in [3.05, 3.63) is 57.6 Å². The number of carbonyl (C=O) groups excluding carboxylic acids is 1. The number of amides is 1. The zero-order chi connectivity index (χ0) is 19.3. The molecule has 0 bridgehead atoms. The second kappa shape index (κ2) is 8.36. The van der Waals surface area contributed by atoms with Gasteiger partial charge in [-0.05, 0) is 56.7 Å². The Morgan fingerprint density at radius 3 is 2.31 bits per heavy atom. The van der Waals surface area contributed by atoms with Gasteiger partial charge in [0.15, 0.2) is 11.5 Å². The van der Waals surface area contributed by atoms with Gasteiger partial charge in [-0.25, -0.2) is 5.43 Å². The standard InChI is InChI=1S/C20H23BrN2O3/c1-20(2,3)15-8-6-14(7-9-15)19(24)23-22-12-13-10-16(21)18(26-5)17(11-13)25-4/h6-12H,1-5H3,(H,23,24)/b22-12+. The van der Waals surface area contributed by atoms with Crippen molar-refractivity contribution < 1.29 is 14.3 Å². The first-order valence-corrected chi connectivity index (χ1v) is 8.91. The van der Waals surface area contributed by atoms with Crippen LogP contribution in [0.2, 0.25) is 0 Å². The van der Waals surface area contributed by atoms with Crippen LogP contribution >= 0.6 is 15.9 Å². The van der Waals surface area contributed by atoms with E-state index < -0.39 is 0 Å². The van der Waals surface area contributed by atoms with Gasteiger partial charge >= 0.3 is 0 Å². The first-order chi connectivity index (χ1) is 12.3. The van der Waals surface area contributed by atoms with Gasteiger partial charge in [0.25, 0.3) is 5.91 Å². The van der Waals surface area contributed by atoms with Crippen LogP contribution in [0.1, 0.15) is 42.3 Å².